The van der Waals surface area contributed by atoms with Crippen LogP contribution >= 0.6 is 0 Å². The second kappa shape index (κ2) is 4.52. The average Bonchev–Trinajstić information content (AvgIpc) is 2.65. The van der Waals surface area contributed by atoms with Gasteiger partial charge in [-0.15, -0.1) is 0 Å². The lowest BCUT2D eigenvalue weighted by atomic mass is 9.82. The van der Waals surface area contributed by atoms with Crippen LogP contribution in [0.5, 0.6) is 0 Å². The lowest BCUT2D eigenvalue weighted by molar-refractivity contribution is -0.138. The van der Waals surface area contributed by atoms with Crippen LogP contribution in [0.2, 0.25) is 0 Å². The minimum absolute atomic E-state index is 0.214. The SMILES string of the molecule is CC1(C)c2ccc(C(F)(F)F)cc2-c2cc(C(F)(F)F)ccc21. The molecule has 1 aliphatic rings. The molecular weight excluding hydrogens is 318 g/mol. The van der Waals surface area contributed by atoms with Crippen molar-refractivity contribution >= 4 is 0 Å². The smallest absolute Gasteiger partial charge is 0.166 e. The molecule has 0 saturated heterocycles. The van der Waals surface area contributed by atoms with Crippen LogP contribution in [0.1, 0.15) is 36.1 Å². The van der Waals surface area contributed by atoms with Crippen molar-refractivity contribution in [1.82, 2.24) is 0 Å². The van der Waals surface area contributed by atoms with Gasteiger partial charge in [-0.2, -0.15) is 26.3 Å². The maximum Gasteiger partial charge on any atom is 0.416 e. The molecule has 0 spiro atoms. The van der Waals surface area contributed by atoms with Gasteiger partial charge in [-0.05, 0) is 46.5 Å². The van der Waals surface area contributed by atoms with Gasteiger partial charge < -0.3 is 0 Å². The summed E-state index contributed by atoms with van der Waals surface area (Å²) in [7, 11) is 0. The maximum atomic E-state index is 12.9. The number of halogens is 6. The fraction of sp³-hybridized carbons (Fsp3) is 0.294. The molecule has 6 heteroatoms. The van der Waals surface area contributed by atoms with Gasteiger partial charge in [-0.3, -0.25) is 0 Å². The molecule has 1 aliphatic carbocycles. The Bertz CT molecular complexity index is 715. The molecule has 0 nitrogen and oxygen atoms in total. The van der Waals surface area contributed by atoms with Crippen LogP contribution < -0.4 is 0 Å². The van der Waals surface area contributed by atoms with Crippen LogP contribution in [0, 0.1) is 0 Å². The average molecular weight is 330 g/mol. The molecule has 2 aromatic rings. The zero-order valence-electron chi connectivity index (χ0n) is 12.2. The van der Waals surface area contributed by atoms with E-state index >= 15 is 0 Å². The predicted octanol–water partition coefficient (Wildman–Crippen LogP) is 6.03. The molecular formula is C17H12F6. The summed E-state index contributed by atoms with van der Waals surface area (Å²) in [6.07, 6.45) is -9.08. The standard InChI is InChI=1S/C17H12F6/c1-15(2)13-5-3-9(16(18,19)20)7-11(13)12-8-10(17(21,22)23)4-6-14(12)15/h3-8H,1-2H3. The monoisotopic (exact) mass is 330 g/mol. The third-order valence-corrected chi connectivity index (χ3v) is 4.33. The maximum absolute atomic E-state index is 12.9. The van der Waals surface area contributed by atoms with Crippen LogP contribution in [-0.4, -0.2) is 0 Å². The summed E-state index contributed by atoms with van der Waals surface area (Å²) in [6, 6.07) is 6.51. The molecule has 2 aromatic carbocycles. The molecule has 0 amide bonds. The first-order valence-corrected chi connectivity index (χ1v) is 6.86. The van der Waals surface area contributed by atoms with Gasteiger partial charge in [-0.1, -0.05) is 26.0 Å². The molecule has 0 aromatic heterocycles. The van der Waals surface area contributed by atoms with E-state index in [1.807, 2.05) is 0 Å². The molecule has 0 aliphatic heterocycles. The molecule has 0 atom stereocenters. The molecule has 122 valence electrons. The fourth-order valence-corrected chi connectivity index (χ4v) is 3.12. The second-order valence-electron chi connectivity index (χ2n) is 6.14. The van der Waals surface area contributed by atoms with Crippen LogP contribution in [0.25, 0.3) is 11.1 Å². The molecule has 0 unspecified atom stereocenters. The van der Waals surface area contributed by atoms with Gasteiger partial charge in [0.1, 0.15) is 0 Å². The summed E-state index contributed by atoms with van der Waals surface area (Å²) in [5.41, 5.74) is -0.745. The van der Waals surface area contributed by atoms with E-state index in [2.05, 4.69) is 0 Å². The lowest BCUT2D eigenvalue weighted by Crippen LogP contribution is -2.15. The van der Waals surface area contributed by atoms with E-state index in [1.165, 1.54) is 12.1 Å². The van der Waals surface area contributed by atoms with Gasteiger partial charge in [0.15, 0.2) is 0 Å². The number of rotatable bonds is 0. The number of fused-ring (bicyclic) bond motifs is 3. The van der Waals surface area contributed by atoms with Crippen molar-refractivity contribution in [3.63, 3.8) is 0 Å². The van der Waals surface area contributed by atoms with E-state index in [1.54, 1.807) is 13.8 Å². The lowest BCUT2D eigenvalue weighted by Gasteiger charge is -2.22. The zero-order valence-corrected chi connectivity index (χ0v) is 12.2. The quantitative estimate of drug-likeness (QED) is 0.517. The molecule has 0 bridgehead atoms. The Morgan fingerprint density at radius 3 is 1.30 bits per heavy atom. The van der Waals surface area contributed by atoms with E-state index in [9.17, 15) is 26.3 Å². The third kappa shape index (κ3) is 2.40. The van der Waals surface area contributed by atoms with E-state index in [4.69, 9.17) is 0 Å². The zero-order chi connectivity index (χ0) is 17.2. The summed E-state index contributed by atoms with van der Waals surface area (Å²) in [5, 5.41) is 0. The van der Waals surface area contributed by atoms with E-state index in [0.717, 1.165) is 24.3 Å². The van der Waals surface area contributed by atoms with Gasteiger partial charge in [0.05, 0.1) is 11.1 Å². The Kier molecular flexibility index (Phi) is 3.13. The van der Waals surface area contributed by atoms with Crippen LogP contribution in [-0.2, 0) is 17.8 Å². The summed E-state index contributed by atoms with van der Waals surface area (Å²) < 4.78 is 77.5. The Morgan fingerprint density at radius 1 is 0.652 bits per heavy atom. The summed E-state index contributed by atoms with van der Waals surface area (Å²) in [6.45, 7) is 3.58. The highest BCUT2D eigenvalue weighted by Crippen LogP contribution is 2.51. The normalized spacial score (nSPS) is 16.2. The van der Waals surface area contributed by atoms with Crippen molar-refractivity contribution in [2.24, 2.45) is 0 Å². The molecule has 0 saturated carbocycles. The molecule has 0 heterocycles. The van der Waals surface area contributed by atoms with Gasteiger partial charge in [0, 0.05) is 5.41 Å². The van der Waals surface area contributed by atoms with Crippen molar-refractivity contribution < 1.29 is 26.3 Å². The summed E-state index contributed by atoms with van der Waals surface area (Å²) in [4.78, 5) is 0. The Morgan fingerprint density at radius 2 is 1.00 bits per heavy atom. The molecule has 0 fully saturated rings. The largest absolute Gasteiger partial charge is 0.416 e. The van der Waals surface area contributed by atoms with Gasteiger partial charge in [-0.25, -0.2) is 0 Å². The first-order chi connectivity index (χ1) is 10.4. The molecule has 23 heavy (non-hydrogen) atoms. The fourth-order valence-electron chi connectivity index (χ4n) is 3.12. The highest BCUT2D eigenvalue weighted by atomic mass is 19.4. The summed E-state index contributed by atoms with van der Waals surface area (Å²) in [5.74, 6) is 0. The minimum Gasteiger partial charge on any atom is -0.166 e. The number of hydrogen-bond acceptors (Lipinski definition) is 0. The van der Waals surface area contributed by atoms with Crippen molar-refractivity contribution in [2.75, 3.05) is 0 Å². The first-order valence-electron chi connectivity index (χ1n) is 6.86. The molecule has 0 N–H and O–H groups in total. The Balaban J connectivity index is 2.28. The third-order valence-electron chi connectivity index (χ3n) is 4.33. The van der Waals surface area contributed by atoms with Crippen LogP contribution in [0.15, 0.2) is 36.4 Å². The highest BCUT2D eigenvalue weighted by Gasteiger charge is 2.40. The summed E-state index contributed by atoms with van der Waals surface area (Å²) >= 11 is 0. The number of benzene rings is 2. The minimum atomic E-state index is -4.54. The van der Waals surface area contributed by atoms with Gasteiger partial charge in [0.2, 0.25) is 0 Å². The molecule has 3 rings (SSSR count). The van der Waals surface area contributed by atoms with Crippen molar-refractivity contribution in [2.45, 2.75) is 31.6 Å². The second-order valence-corrected chi connectivity index (χ2v) is 6.14. The van der Waals surface area contributed by atoms with Crippen LogP contribution in [0.3, 0.4) is 0 Å². The van der Waals surface area contributed by atoms with E-state index < -0.39 is 28.9 Å². The van der Waals surface area contributed by atoms with E-state index in [0.29, 0.717) is 11.1 Å². The van der Waals surface area contributed by atoms with Crippen LogP contribution in [0.4, 0.5) is 26.3 Å². The van der Waals surface area contributed by atoms with Gasteiger partial charge in [0.25, 0.3) is 0 Å². The van der Waals surface area contributed by atoms with Crippen molar-refractivity contribution in [3.05, 3.63) is 58.7 Å². The Labute approximate surface area is 128 Å². The topological polar surface area (TPSA) is 0 Å². The Hall–Kier alpha value is -1.98. The van der Waals surface area contributed by atoms with Crippen molar-refractivity contribution in [1.29, 1.82) is 0 Å². The number of hydrogen-bond donors (Lipinski definition) is 0. The van der Waals surface area contributed by atoms with Crippen molar-refractivity contribution in [3.8, 4) is 11.1 Å². The predicted molar refractivity (Wildman–Crippen MR) is 74.0 cm³/mol. The van der Waals surface area contributed by atoms with E-state index in [-0.39, 0.29) is 11.1 Å². The first kappa shape index (κ1) is 15.9. The van der Waals surface area contributed by atoms with Gasteiger partial charge >= 0.3 is 12.4 Å². The highest BCUT2D eigenvalue weighted by molar-refractivity contribution is 5.81. The molecule has 0 radical (unpaired) electrons. The number of alkyl halides is 6.